The van der Waals surface area contributed by atoms with E-state index in [1.165, 1.54) is 0 Å². The molecule has 3 heteroatoms. The molecule has 0 aliphatic carbocycles. The third kappa shape index (κ3) is 3.76. The van der Waals surface area contributed by atoms with Gasteiger partial charge in [-0.3, -0.25) is 0 Å². The molecule has 1 unspecified atom stereocenters. The monoisotopic (exact) mass is 285 g/mol. The van der Waals surface area contributed by atoms with Gasteiger partial charge in [0.15, 0.2) is 0 Å². The molecule has 0 fully saturated rings. The van der Waals surface area contributed by atoms with Crippen LogP contribution in [0.2, 0.25) is 0 Å². The Morgan fingerprint density at radius 1 is 0.905 bits per heavy atom. The van der Waals surface area contributed by atoms with Gasteiger partial charge in [0.1, 0.15) is 11.5 Å². The van der Waals surface area contributed by atoms with E-state index in [2.05, 4.69) is 0 Å². The predicted molar refractivity (Wildman–Crippen MR) is 85.8 cm³/mol. The van der Waals surface area contributed by atoms with E-state index in [4.69, 9.17) is 15.2 Å². The molecular formula is C18H23NO2. The Labute approximate surface area is 126 Å². The SMILES string of the molecule is CCOc1ccccc1C(N)c1ccccc1OC(C)C. The third-order valence-electron chi connectivity index (χ3n) is 3.17. The number of hydrogen-bond acceptors (Lipinski definition) is 3. The lowest BCUT2D eigenvalue weighted by atomic mass is 9.98. The molecule has 0 heterocycles. The molecular weight excluding hydrogens is 262 g/mol. The van der Waals surface area contributed by atoms with Crippen LogP contribution in [-0.4, -0.2) is 12.7 Å². The largest absolute Gasteiger partial charge is 0.494 e. The second-order valence-electron chi connectivity index (χ2n) is 5.15. The summed E-state index contributed by atoms with van der Waals surface area (Å²) < 4.78 is 11.5. The van der Waals surface area contributed by atoms with Crippen LogP contribution in [0.5, 0.6) is 11.5 Å². The van der Waals surface area contributed by atoms with Gasteiger partial charge in [-0.1, -0.05) is 36.4 Å². The Kier molecular flexibility index (Phi) is 5.23. The minimum atomic E-state index is -0.275. The van der Waals surface area contributed by atoms with Crippen molar-refractivity contribution in [1.82, 2.24) is 0 Å². The summed E-state index contributed by atoms with van der Waals surface area (Å²) in [7, 11) is 0. The van der Waals surface area contributed by atoms with Gasteiger partial charge in [-0.25, -0.2) is 0 Å². The zero-order chi connectivity index (χ0) is 15.2. The lowest BCUT2D eigenvalue weighted by molar-refractivity contribution is 0.239. The number of nitrogens with two attached hydrogens (primary N) is 1. The summed E-state index contributed by atoms with van der Waals surface area (Å²) in [5.74, 6) is 1.65. The van der Waals surface area contributed by atoms with Crippen molar-refractivity contribution in [2.45, 2.75) is 32.9 Å². The van der Waals surface area contributed by atoms with E-state index in [1.54, 1.807) is 0 Å². The number of ether oxygens (including phenoxy) is 2. The van der Waals surface area contributed by atoms with Crippen LogP contribution in [-0.2, 0) is 0 Å². The van der Waals surface area contributed by atoms with Crippen molar-refractivity contribution in [2.75, 3.05) is 6.61 Å². The fraction of sp³-hybridized carbons (Fsp3) is 0.333. The van der Waals surface area contributed by atoms with Crippen LogP contribution in [0.3, 0.4) is 0 Å². The predicted octanol–water partition coefficient (Wildman–Crippen LogP) is 3.92. The molecule has 2 rings (SSSR count). The minimum absolute atomic E-state index is 0.112. The molecule has 0 aromatic heterocycles. The molecule has 0 aliphatic rings. The van der Waals surface area contributed by atoms with Crippen molar-refractivity contribution in [2.24, 2.45) is 5.73 Å². The first-order chi connectivity index (χ1) is 10.1. The van der Waals surface area contributed by atoms with Crippen molar-refractivity contribution < 1.29 is 9.47 Å². The first kappa shape index (κ1) is 15.4. The molecule has 1 atom stereocenters. The third-order valence-corrected chi connectivity index (χ3v) is 3.17. The molecule has 0 saturated carbocycles. The molecule has 0 saturated heterocycles. The molecule has 0 amide bonds. The summed E-state index contributed by atoms with van der Waals surface area (Å²) in [5.41, 5.74) is 8.41. The highest BCUT2D eigenvalue weighted by atomic mass is 16.5. The number of rotatable bonds is 6. The van der Waals surface area contributed by atoms with E-state index >= 15 is 0 Å². The van der Waals surface area contributed by atoms with Crippen molar-refractivity contribution in [3.63, 3.8) is 0 Å². The quantitative estimate of drug-likeness (QED) is 0.875. The molecule has 2 aromatic carbocycles. The molecule has 2 aromatic rings. The maximum Gasteiger partial charge on any atom is 0.124 e. The Morgan fingerprint density at radius 3 is 2.00 bits per heavy atom. The normalized spacial score (nSPS) is 12.2. The van der Waals surface area contributed by atoms with Crippen molar-refractivity contribution in [3.8, 4) is 11.5 Å². The van der Waals surface area contributed by atoms with Gasteiger partial charge in [-0.2, -0.15) is 0 Å². The molecule has 21 heavy (non-hydrogen) atoms. The molecule has 0 aliphatic heterocycles. The van der Waals surface area contributed by atoms with Gasteiger partial charge in [-0.05, 0) is 32.9 Å². The second kappa shape index (κ2) is 7.14. The smallest absolute Gasteiger partial charge is 0.124 e. The van der Waals surface area contributed by atoms with E-state index in [1.807, 2.05) is 69.3 Å². The van der Waals surface area contributed by atoms with Crippen molar-refractivity contribution in [3.05, 3.63) is 59.7 Å². The van der Waals surface area contributed by atoms with Gasteiger partial charge >= 0.3 is 0 Å². The molecule has 112 valence electrons. The summed E-state index contributed by atoms with van der Waals surface area (Å²) in [5, 5.41) is 0. The van der Waals surface area contributed by atoms with Crippen LogP contribution in [0.4, 0.5) is 0 Å². The second-order valence-corrected chi connectivity index (χ2v) is 5.15. The Balaban J connectivity index is 2.38. The molecule has 2 N–H and O–H groups in total. The van der Waals surface area contributed by atoms with Gasteiger partial charge in [0.25, 0.3) is 0 Å². The lowest BCUT2D eigenvalue weighted by Crippen LogP contribution is -2.16. The zero-order valence-corrected chi connectivity index (χ0v) is 12.9. The van der Waals surface area contributed by atoms with E-state index in [0.29, 0.717) is 6.61 Å². The lowest BCUT2D eigenvalue weighted by Gasteiger charge is -2.21. The van der Waals surface area contributed by atoms with Crippen LogP contribution in [0, 0.1) is 0 Å². The number of para-hydroxylation sites is 2. The minimum Gasteiger partial charge on any atom is -0.494 e. The van der Waals surface area contributed by atoms with E-state index in [-0.39, 0.29) is 12.1 Å². The van der Waals surface area contributed by atoms with Crippen LogP contribution in [0.1, 0.15) is 37.9 Å². The highest BCUT2D eigenvalue weighted by molar-refractivity contribution is 5.46. The topological polar surface area (TPSA) is 44.5 Å². The maximum absolute atomic E-state index is 6.46. The fourth-order valence-corrected chi connectivity index (χ4v) is 2.29. The maximum atomic E-state index is 6.46. The van der Waals surface area contributed by atoms with Crippen molar-refractivity contribution >= 4 is 0 Å². The Hall–Kier alpha value is -2.00. The van der Waals surface area contributed by atoms with Crippen LogP contribution < -0.4 is 15.2 Å². The zero-order valence-electron chi connectivity index (χ0n) is 12.9. The molecule has 0 bridgehead atoms. The van der Waals surface area contributed by atoms with Gasteiger partial charge < -0.3 is 15.2 Å². The molecule has 0 radical (unpaired) electrons. The number of benzene rings is 2. The standard InChI is InChI=1S/C18H23NO2/c1-4-20-16-11-7-5-9-14(16)18(19)15-10-6-8-12-17(15)21-13(2)3/h5-13,18H,4,19H2,1-3H3. The van der Waals surface area contributed by atoms with E-state index < -0.39 is 0 Å². The molecule has 0 spiro atoms. The average molecular weight is 285 g/mol. The summed E-state index contributed by atoms with van der Waals surface area (Å²) in [6, 6.07) is 15.5. The van der Waals surface area contributed by atoms with Crippen molar-refractivity contribution in [1.29, 1.82) is 0 Å². The van der Waals surface area contributed by atoms with Gasteiger partial charge in [0.2, 0.25) is 0 Å². The summed E-state index contributed by atoms with van der Waals surface area (Å²) >= 11 is 0. The summed E-state index contributed by atoms with van der Waals surface area (Å²) in [6.45, 7) is 6.61. The fourth-order valence-electron chi connectivity index (χ4n) is 2.29. The van der Waals surface area contributed by atoms with Gasteiger partial charge in [0.05, 0.1) is 18.8 Å². The van der Waals surface area contributed by atoms with Crippen LogP contribution >= 0.6 is 0 Å². The Morgan fingerprint density at radius 2 is 1.43 bits per heavy atom. The first-order valence-electron chi connectivity index (χ1n) is 7.36. The highest BCUT2D eigenvalue weighted by Gasteiger charge is 2.18. The van der Waals surface area contributed by atoms with Crippen LogP contribution in [0.25, 0.3) is 0 Å². The first-order valence-corrected chi connectivity index (χ1v) is 7.36. The van der Waals surface area contributed by atoms with E-state index in [0.717, 1.165) is 22.6 Å². The van der Waals surface area contributed by atoms with E-state index in [9.17, 15) is 0 Å². The summed E-state index contributed by atoms with van der Waals surface area (Å²) in [4.78, 5) is 0. The van der Waals surface area contributed by atoms with Crippen LogP contribution in [0.15, 0.2) is 48.5 Å². The average Bonchev–Trinajstić information content (AvgIpc) is 2.47. The van der Waals surface area contributed by atoms with Gasteiger partial charge in [-0.15, -0.1) is 0 Å². The molecule has 3 nitrogen and oxygen atoms in total. The summed E-state index contributed by atoms with van der Waals surface area (Å²) in [6.07, 6.45) is 0.112. The van der Waals surface area contributed by atoms with Gasteiger partial charge in [0, 0.05) is 11.1 Å². The highest BCUT2D eigenvalue weighted by Crippen LogP contribution is 2.33. The Bertz CT molecular complexity index is 581. The number of hydrogen-bond donors (Lipinski definition) is 1.